The molecule has 4 N–H and O–H groups in total. The van der Waals surface area contributed by atoms with E-state index in [9.17, 15) is 4.79 Å². The zero-order valence-corrected chi connectivity index (χ0v) is 10.0. The second-order valence-electron chi connectivity index (χ2n) is 4.65. The van der Waals surface area contributed by atoms with Crippen LogP contribution in [0.4, 0.5) is 11.5 Å². The molecule has 0 saturated heterocycles. The van der Waals surface area contributed by atoms with Crippen LogP contribution in [0.1, 0.15) is 29.8 Å². The largest absolute Gasteiger partial charge is 0.396 e. The van der Waals surface area contributed by atoms with Crippen LogP contribution in [0.25, 0.3) is 0 Å². The van der Waals surface area contributed by atoms with Gasteiger partial charge in [-0.25, -0.2) is 4.98 Å². The highest BCUT2D eigenvalue weighted by Crippen LogP contribution is 2.29. The van der Waals surface area contributed by atoms with E-state index in [-0.39, 0.29) is 5.69 Å². The van der Waals surface area contributed by atoms with Crippen molar-refractivity contribution in [1.82, 2.24) is 4.98 Å². The number of carbonyl (C=O) groups excluding carboxylic acids is 1. The molecule has 0 atom stereocenters. The maximum Gasteiger partial charge on any atom is 0.267 e. The number of aromatic nitrogens is 1. The van der Waals surface area contributed by atoms with Gasteiger partial charge in [-0.2, -0.15) is 0 Å². The number of primary amides is 1. The highest BCUT2D eigenvalue weighted by molar-refractivity contribution is 5.91. The number of hydrogen-bond donors (Lipinski definition) is 2. The highest BCUT2D eigenvalue weighted by Gasteiger charge is 2.21. The summed E-state index contributed by atoms with van der Waals surface area (Å²) in [5.41, 5.74) is 11.9. The van der Waals surface area contributed by atoms with E-state index in [2.05, 4.69) is 4.98 Å². The van der Waals surface area contributed by atoms with Gasteiger partial charge in [-0.05, 0) is 30.9 Å². The summed E-state index contributed by atoms with van der Waals surface area (Å²) in [6.07, 6.45) is 3.84. The Morgan fingerprint density at radius 1 is 1.53 bits per heavy atom. The fourth-order valence-electron chi connectivity index (χ4n) is 2.05. The van der Waals surface area contributed by atoms with Gasteiger partial charge in [0.1, 0.15) is 5.69 Å². The van der Waals surface area contributed by atoms with Crippen molar-refractivity contribution in [2.24, 2.45) is 11.7 Å². The number of nitrogens with two attached hydrogens (primary N) is 2. The Bertz CT molecular complexity index is 429. The zero-order chi connectivity index (χ0) is 12.4. The van der Waals surface area contributed by atoms with E-state index in [4.69, 9.17) is 11.5 Å². The van der Waals surface area contributed by atoms with Crippen molar-refractivity contribution in [2.45, 2.75) is 19.3 Å². The van der Waals surface area contributed by atoms with Gasteiger partial charge in [-0.15, -0.1) is 0 Å². The van der Waals surface area contributed by atoms with Crippen LogP contribution in [0, 0.1) is 5.92 Å². The van der Waals surface area contributed by atoms with Crippen molar-refractivity contribution < 1.29 is 4.79 Å². The number of pyridine rings is 1. The number of anilines is 2. The SMILES string of the molecule is CN(CC1CCC1)c1nc(C(N)=O)ccc1N. The average Bonchev–Trinajstić information content (AvgIpc) is 2.23. The lowest BCUT2D eigenvalue weighted by Crippen LogP contribution is -2.31. The first-order chi connectivity index (χ1) is 8.08. The molecule has 0 unspecified atom stereocenters. The molecular weight excluding hydrogens is 216 g/mol. The lowest BCUT2D eigenvalue weighted by molar-refractivity contribution is 0.0995. The Hall–Kier alpha value is -1.78. The molecule has 5 heteroatoms. The van der Waals surface area contributed by atoms with E-state index >= 15 is 0 Å². The summed E-state index contributed by atoms with van der Waals surface area (Å²) >= 11 is 0. The van der Waals surface area contributed by atoms with Gasteiger partial charge < -0.3 is 16.4 Å². The molecule has 1 heterocycles. The van der Waals surface area contributed by atoms with Crippen molar-refractivity contribution in [1.29, 1.82) is 0 Å². The third-order valence-corrected chi connectivity index (χ3v) is 3.28. The predicted molar refractivity (Wildman–Crippen MR) is 67.8 cm³/mol. The van der Waals surface area contributed by atoms with Gasteiger partial charge in [-0.1, -0.05) is 6.42 Å². The molecule has 1 aromatic heterocycles. The van der Waals surface area contributed by atoms with Gasteiger partial charge in [0.15, 0.2) is 5.82 Å². The van der Waals surface area contributed by atoms with Crippen molar-refractivity contribution >= 4 is 17.4 Å². The van der Waals surface area contributed by atoms with Gasteiger partial charge in [-0.3, -0.25) is 4.79 Å². The number of nitrogens with zero attached hydrogens (tertiary/aromatic N) is 2. The van der Waals surface area contributed by atoms with E-state index in [0.717, 1.165) is 12.5 Å². The third-order valence-electron chi connectivity index (χ3n) is 3.28. The van der Waals surface area contributed by atoms with Crippen LogP contribution in [0.15, 0.2) is 12.1 Å². The minimum Gasteiger partial charge on any atom is -0.396 e. The number of rotatable bonds is 4. The molecular formula is C12H18N4O. The van der Waals surface area contributed by atoms with Gasteiger partial charge >= 0.3 is 0 Å². The number of carbonyl (C=O) groups is 1. The topological polar surface area (TPSA) is 85.2 Å². The Kier molecular flexibility index (Phi) is 3.17. The minimum atomic E-state index is -0.525. The summed E-state index contributed by atoms with van der Waals surface area (Å²) in [6, 6.07) is 3.23. The molecule has 0 radical (unpaired) electrons. The molecule has 1 saturated carbocycles. The Morgan fingerprint density at radius 3 is 2.76 bits per heavy atom. The molecule has 0 bridgehead atoms. The van der Waals surface area contributed by atoms with Crippen LogP contribution >= 0.6 is 0 Å². The maximum absolute atomic E-state index is 11.1. The van der Waals surface area contributed by atoms with Crippen molar-refractivity contribution in [3.8, 4) is 0 Å². The first-order valence-electron chi connectivity index (χ1n) is 5.85. The lowest BCUT2D eigenvalue weighted by Gasteiger charge is -2.31. The van der Waals surface area contributed by atoms with E-state index in [0.29, 0.717) is 11.5 Å². The standard InChI is InChI=1S/C12H18N4O/c1-16(7-8-3-2-4-8)12-9(13)5-6-10(15-12)11(14)17/h5-6,8H,2-4,7,13H2,1H3,(H2,14,17). The fourth-order valence-corrected chi connectivity index (χ4v) is 2.05. The molecule has 1 fully saturated rings. The van der Waals surface area contributed by atoms with E-state index in [1.807, 2.05) is 11.9 Å². The molecule has 0 aliphatic heterocycles. The summed E-state index contributed by atoms with van der Waals surface area (Å²) in [5, 5.41) is 0. The van der Waals surface area contributed by atoms with Crippen LogP contribution in [-0.2, 0) is 0 Å². The van der Waals surface area contributed by atoms with E-state index in [1.165, 1.54) is 19.3 Å². The monoisotopic (exact) mass is 234 g/mol. The summed E-state index contributed by atoms with van der Waals surface area (Å²) in [5.74, 6) is 0.843. The quantitative estimate of drug-likeness (QED) is 0.813. The number of nitrogen functional groups attached to an aromatic ring is 1. The van der Waals surface area contributed by atoms with Crippen LogP contribution in [0.3, 0.4) is 0 Å². The van der Waals surface area contributed by atoms with Gasteiger partial charge in [0.05, 0.1) is 5.69 Å². The molecule has 0 spiro atoms. The van der Waals surface area contributed by atoms with Crippen LogP contribution in [0.2, 0.25) is 0 Å². The number of hydrogen-bond acceptors (Lipinski definition) is 4. The molecule has 1 aromatic rings. The first kappa shape index (κ1) is 11.7. The molecule has 1 amide bonds. The Labute approximate surface area is 101 Å². The van der Waals surface area contributed by atoms with Crippen LogP contribution in [0.5, 0.6) is 0 Å². The lowest BCUT2D eigenvalue weighted by atomic mass is 9.85. The van der Waals surface area contributed by atoms with Crippen molar-refractivity contribution in [3.63, 3.8) is 0 Å². The third kappa shape index (κ3) is 2.49. The van der Waals surface area contributed by atoms with Gasteiger partial charge in [0.25, 0.3) is 5.91 Å². The number of amides is 1. The summed E-state index contributed by atoms with van der Waals surface area (Å²) in [4.78, 5) is 17.3. The summed E-state index contributed by atoms with van der Waals surface area (Å²) < 4.78 is 0. The van der Waals surface area contributed by atoms with Crippen LogP contribution < -0.4 is 16.4 Å². The van der Waals surface area contributed by atoms with Crippen molar-refractivity contribution in [3.05, 3.63) is 17.8 Å². The maximum atomic E-state index is 11.1. The molecule has 1 aliphatic rings. The molecule has 1 aliphatic carbocycles. The van der Waals surface area contributed by atoms with Gasteiger partial charge in [0, 0.05) is 13.6 Å². The minimum absolute atomic E-state index is 0.259. The Balaban J connectivity index is 2.16. The summed E-state index contributed by atoms with van der Waals surface area (Å²) in [7, 11) is 1.95. The summed E-state index contributed by atoms with van der Waals surface area (Å²) in [6.45, 7) is 0.930. The normalized spacial score (nSPS) is 15.4. The second kappa shape index (κ2) is 4.61. The molecule has 2 rings (SSSR count). The fraction of sp³-hybridized carbons (Fsp3) is 0.500. The Morgan fingerprint density at radius 2 is 2.24 bits per heavy atom. The first-order valence-corrected chi connectivity index (χ1v) is 5.85. The molecule has 0 aromatic carbocycles. The second-order valence-corrected chi connectivity index (χ2v) is 4.65. The predicted octanol–water partition coefficient (Wildman–Crippen LogP) is 0.999. The molecule has 92 valence electrons. The molecule has 17 heavy (non-hydrogen) atoms. The van der Waals surface area contributed by atoms with E-state index < -0.39 is 5.91 Å². The van der Waals surface area contributed by atoms with E-state index in [1.54, 1.807) is 12.1 Å². The highest BCUT2D eigenvalue weighted by atomic mass is 16.1. The molecule has 5 nitrogen and oxygen atoms in total. The zero-order valence-electron chi connectivity index (χ0n) is 10.0. The van der Waals surface area contributed by atoms with Gasteiger partial charge in [0.2, 0.25) is 0 Å². The average molecular weight is 234 g/mol. The smallest absolute Gasteiger partial charge is 0.267 e. The van der Waals surface area contributed by atoms with Crippen molar-refractivity contribution in [2.75, 3.05) is 24.2 Å². The van der Waals surface area contributed by atoms with Crippen LogP contribution in [-0.4, -0.2) is 24.5 Å².